The molecule has 0 saturated heterocycles. The normalized spacial score (nSPS) is 11.5. The number of anilines is 1. The number of amides is 1. The van der Waals surface area contributed by atoms with Gasteiger partial charge in [0.05, 0.1) is 4.88 Å². The molecule has 0 saturated carbocycles. The van der Waals surface area contributed by atoms with Gasteiger partial charge in [-0.25, -0.2) is 4.39 Å². The number of carbonyl (C=O) groups is 1. The van der Waals surface area contributed by atoms with Crippen molar-refractivity contribution in [1.82, 2.24) is 4.98 Å². The minimum atomic E-state index is -1.88. The highest BCUT2D eigenvalue weighted by Gasteiger charge is 2.36. The summed E-state index contributed by atoms with van der Waals surface area (Å²) in [4.78, 5) is 19.1. The van der Waals surface area contributed by atoms with Gasteiger partial charge in [-0.2, -0.15) is 0 Å². The van der Waals surface area contributed by atoms with E-state index >= 15 is 0 Å². The Labute approximate surface area is 270 Å². The summed E-state index contributed by atoms with van der Waals surface area (Å²) in [5.74, 6) is 6.37. The van der Waals surface area contributed by atoms with Crippen molar-refractivity contribution in [3.8, 4) is 44.5 Å². The SMILES string of the molecule is CC(C)(C)[Si](C)(C)OCCC#Cc1sc(-c2ccc(F)cc2)c(-c2ccncc2)c1-c1cccc(NC(=O)c2ccccc2)c1. The third-order valence-electron chi connectivity index (χ3n) is 8.13. The van der Waals surface area contributed by atoms with Gasteiger partial charge in [-0.1, -0.05) is 75.1 Å². The van der Waals surface area contributed by atoms with Crippen LogP contribution in [0.15, 0.2) is 103 Å². The number of hydrogen-bond donors (Lipinski definition) is 1. The van der Waals surface area contributed by atoms with Gasteiger partial charge in [0, 0.05) is 52.7 Å². The lowest BCUT2D eigenvalue weighted by molar-refractivity contribution is 0.102. The van der Waals surface area contributed by atoms with Crippen LogP contribution in [0.3, 0.4) is 0 Å². The monoisotopic (exact) mass is 632 g/mol. The molecule has 45 heavy (non-hydrogen) atoms. The topological polar surface area (TPSA) is 51.2 Å². The maximum atomic E-state index is 14.0. The van der Waals surface area contributed by atoms with Crippen molar-refractivity contribution in [2.45, 2.75) is 45.3 Å². The van der Waals surface area contributed by atoms with Gasteiger partial charge < -0.3 is 9.74 Å². The Bertz CT molecular complexity index is 1830. The molecule has 2 heterocycles. The van der Waals surface area contributed by atoms with Crippen LogP contribution in [0.5, 0.6) is 0 Å². The van der Waals surface area contributed by atoms with Crippen LogP contribution in [0.1, 0.15) is 42.4 Å². The lowest BCUT2D eigenvalue weighted by atomic mass is 9.93. The van der Waals surface area contributed by atoms with Gasteiger partial charge in [-0.3, -0.25) is 9.78 Å². The minimum Gasteiger partial charge on any atom is -0.416 e. The molecule has 0 aliphatic rings. The first-order valence-electron chi connectivity index (χ1n) is 15.0. The highest BCUT2D eigenvalue weighted by atomic mass is 32.1. The lowest BCUT2D eigenvalue weighted by Crippen LogP contribution is -2.40. The van der Waals surface area contributed by atoms with E-state index in [0.717, 1.165) is 37.6 Å². The molecule has 4 nitrogen and oxygen atoms in total. The van der Waals surface area contributed by atoms with E-state index in [9.17, 15) is 9.18 Å². The van der Waals surface area contributed by atoms with Gasteiger partial charge in [-0.15, -0.1) is 11.3 Å². The van der Waals surface area contributed by atoms with Crippen molar-refractivity contribution in [1.29, 1.82) is 0 Å². The zero-order valence-electron chi connectivity index (χ0n) is 26.3. The average molecular weight is 633 g/mol. The van der Waals surface area contributed by atoms with E-state index in [4.69, 9.17) is 4.43 Å². The first kappa shape index (κ1) is 32.1. The highest BCUT2D eigenvalue weighted by Crippen LogP contribution is 2.48. The highest BCUT2D eigenvalue weighted by molar-refractivity contribution is 7.17. The van der Waals surface area contributed by atoms with Crippen LogP contribution in [-0.2, 0) is 4.43 Å². The number of halogens is 1. The van der Waals surface area contributed by atoms with Crippen molar-refractivity contribution < 1.29 is 13.6 Å². The first-order valence-corrected chi connectivity index (χ1v) is 18.7. The zero-order valence-corrected chi connectivity index (χ0v) is 28.1. The molecule has 3 aromatic carbocycles. The zero-order chi connectivity index (χ0) is 32.0. The first-order chi connectivity index (χ1) is 21.5. The van der Waals surface area contributed by atoms with Crippen LogP contribution in [0, 0.1) is 17.7 Å². The molecule has 0 atom stereocenters. The number of carbonyl (C=O) groups excluding carboxylic acids is 1. The Morgan fingerprint density at radius 2 is 1.60 bits per heavy atom. The molecule has 0 aliphatic heterocycles. The van der Waals surface area contributed by atoms with E-state index in [1.807, 2.05) is 54.6 Å². The molecule has 0 aliphatic carbocycles. The Balaban J connectivity index is 1.59. The number of hydrogen-bond acceptors (Lipinski definition) is 4. The summed E-state index contributed by atoms with van der Waals surface area (Å²) >= 11 is 1.58. The predicted molar refractivity (Wildman–Crippen MR) is 187 cm³/mol. The van der Waals surface area contributed by atoms with E-state index in [2.05, 4.69) is 56.0 Å². The smallest absolute Gasteiger partial charge is 0.255 e. The summed E-state index contributed by atoms with van der Waals surface area (Å²) in [6.45, 7) is 11.8. The van der Waals surface area contributed by atoms with Gasteiger partial charge in [0.25, 0.3) is 5.91 Å². The van der Waals surface area contributed by atoms with Crippen molar-refractivity contribution in [3.63, 3.8) is 0 Å². The number of rotatable bonds is 8. The van der Waals surface area contributed by atoms with Crippen LogP contribution in [0.4, 0.5) is 10.1 Å². The molecule has 0 spiro atoms. The Morgan fingerprint density at radius 3 is 2.29 bits per heavy atom. The molecule has 0 fully saturated rings. The molecular formula is C38H37FN2O2SSi. The van der Waals surface area contributed by atoms with Crippen molar-refractivity contribution in [2.24, 2.45) is 0 Å². The van der Waals surface area contributed by atoms with Crippen molar-refractivity contribution >= 4 is 31.2 Å². The van der Waals surface area contributed by atoms with Crippen molar-refractivity contribution in [3.05, 3.63) is 120 Å². The van der Waals surface area contributed by atoms with Gasteiger partial charge in [0.1, 0.15) is 5.82 Å². The van der Waals surface area contributed by atoms with Gasteiger partial charge in [-0.05, 0) is 83.4 Å². The molecule has 0 unspecified atom stereocenters. The van der Waals surface area contributed by atoms with Crippen LogP contribution < -0.4 is 5.32 Å². The molecule has 0 radical (unpaired) electrons. The summed E-state index contributed by atoms with van der Waals surface area (Å²) in [6, 6.07) is 27.5. The fourth-order valence-corrected chi connectivity index (χ4v) is 6.93. The van der Waals surface area contributed by atoms with Gasteiger partial charge in [0.2, 0.25) is 0 Å². The molecule has 2 aromatic heterocycles. The van der Waals surface area contributed by atoms with E-state index in [0.29, 0.717) is 24.3 Å². The number of benzene rings is 3. The Kier molecular flexibility index (Phi) is 9.79. The van der Waals surface area contributed by atoms with Crippen LogP contribution >= 0.6 is 11.3 Å². The maximum absolute atomic E-state index is 14.0. The molecular weight excluding hydrogens is 596 g/mol. The number of nitrogens with one attached hydrogen (secondary N) is 1. The molecule has 5 aromatic rings. The van der Waals surface area contributed by atoms with Gasteiger partial charge >= 0.3 is 0 Å². The summed E-state index contributed by atoms with van der Waals surface area (Å²) in [7, 11) is -1.88. The fourth-order valence-electron chi connectivity index (χ4n) is 4.65. The molecule has 1 N–H and O–H groups in total. The van der Waals surface area contributed by atoms with Gasteiger partial charge in [0.15, 0.2) is 8.32 Å². The van der Waals surface area contributed by atoms with E-state index in [-0.39, 0.29) is 16.8 Å². The number of aromatic nitrogens is 1. The van der Waals surface area contributed by atoms with Crippen molar-refractivity contribution in [2.75, 3.05) is 11.9 Å². The number of thiophene rings is 1. The van der Waals surface area contributed by atoms with Crippen LogP contribution in [0.2, 0.25) is 18.1 Å². The second kappa shape index (κ2) is 13.7. The summed E-state index contributed by atoms with van der Waals surface area (Å²) in [5, 5.41) is 3.17. The molecule has 7 heteroatoms. The molecule has 1 amide bonds. The van der Waals surface area contributed by atoms with E-state index in [1.54, 1.807) is 48.0 Å². The van der Waals surface area contributed by atoms with E-state index in [1.165, 1.54) is 12.1 Å². The minimum absolute atomic E-state index is 0.131. The Morgan fingerprint density at radius 1 is 0.889 bits per heavy atom. The van der Waals surface area contributed by atoms with Crippen LogP contribution in [-0.4, -0.2) is 25.8 Å². The molecule has 228 valence electrons. The summed E-state index contributed by atoms with van der Waals surface area (Å²) in [6.07, 6.45) is 4.14. The number of pyridine rings is 1. The Hall–Kier alpha value is -4.35. The average Bonchev–Trinajstić information content (AvgIpc) is 3.41. The quantitative estimate of drug-likeness (QED) is 0.105. The molecule has 0 bridgehead atoms. The standard InChI is InChI=1S/C38H37FN2O2SSi/c1-38(2,3)45(4,5)43-25-10-9-16-33-34(30-14-11-15-32(26-30)41-37(42)29-12-7-6-8-13-29)35(27-21-23-40-24-22-27)36(44-33)28-17-19-31(39)20-18-28/h6-8,11-15,17-24,26H,10,25H2,1-5H3,(H,41,42). The second-order valence-electron chi connectivity index (χ2n) is 12.3. The lowest BCUT2D eigenvalue weighted by Gasteiger charge is -2.35. The third-order valence-corrected chi connectivity index (χ3v) is 13.8. The summed E-state index contributed by atoms with van der Waals surface area (Å²) in [5.41, 5.74) is 6.00. The molecule has 5 rings (SSSR count). The predicted octanol–water partition coefficient (Wildman–Crippen LogP) is 10.3. The van der Waals surface area contributed by atoms with Crippen LogP contribution in [0.25, 0.3) is 32.7 Å². The second-order valence-corrected chi connectivity index (χ2v) is 18.1. The fraction of sp³-hybridized carbons (Fsp3) is 0.211. The number of nitrogens with zero attached hydrogens (tertiary/aromatic N) is 1. The summed E-state index contributed by atoms with van der Waals surface area (Å²) < 4.78 is 20.3. The van der Waals surface area contributed by atoms with E-state index < -0.39 is 8.32 Å². The third kappa shape index (κ3) is 7.66. The maximum Gasteiger partial charge on any atom is 0.255 e. The largest absolute Gasteiger partial charge is 0.416 e.